The summed E-state index contributed by atoms with van der Waals surface area (Å²) in [5.74, 6) is -0.661. The quantitative estimate of drug-likeness (QED) is 0.503. The number of carbonyl (C=O) groups excluding carboxylic acids is 2. The van der Waals surface area contributed by atoms with Crippen LogP contribution in [0.1, 0.15) is 34.5 Å². The number of benzene rings is 3. The van der Waals surface area contributed by atoms with Gasteiger partial charge in [-0.05, 0) is 42.3 Å². The summed E-state index contributed by atoms with van der Waals surface area (Å²) < 4.78 is 28.3. The molecule has 0 fully saturated rings. The number of hydrogen-bond donors (Lipinski definition) is 2. The monoisotopic (exact) mass is 456 g/mol. The molecule has 0 aliphatic rings. The summed E-state index contributed by atoms with van der Waals surface area (Å²) in [6.07, 6.45) is 0. The van der Waals surface area contributed by atoms with Gasteiger partial charge >= 0.3 is 0 Å². The van der Waals surface area contributed by atoms with Crippen LogP contribution in [0.3, 0.4) is 0 Å². The van der Waals surface area contributed by atoms with E-state index in [1.807, 2.05) is 0 Å². The van der Waals surface area contributed by atoms with Gasteiger partial charge in [-0.3, -0.25) is 9.59 Å². The SMILES string of the molecule is CC(=O)c1ccc(S(=O)(=O)NC(C(=O)NCc2ccc(Cl)cc2)c2ccccc2)cc1. The minimum Gasteiger partial charge on any atom is -0.350 e. The van der Waals surface area contributed by atoms with Crippen molar-refractivity contribution >= 4 is 33.3 Å². The molecule has 8 heteroatoms. The van der Waals surface area contributed by atoms with E-state index in [9.17, 15) is 18.0 Å². The lowest BCUT2D eigenvalue weighted by Gasteiger charge is -2.19. The maximum absolute atomic E-state index is 12.9. The van der Waals surface area contributed by atoms with E-state index < -0.39 is 22.0 Å². The highest BCUT2D eigenvalue weighted by molar-refractivity contribution is 7.89. The average molecular weight is 457 g/mol. The van der Waals surface area contributed by atoms with Crippen LogP contribution in [0.15, 0.2) is 83.8 Å². The molecular weight excluding hydrogens is 436 g/mol. The Morgan fingerprint density at radius 1 is 0.903 bits per heavy atom. The predicted molar refractivity (Wildman–Crippen MR) is 119 cm³/mol. The van der Waals surface area contributed by atoms with Gasteiger partial charge in [-0.25, -0.2) is 8.42 Å². The molecule has 160 valence electrons. The maximum Gasteiger partial charge on any atom is 0.243 e. The second-order valence-electron chi connectivity index (χ2n) is 6.89. The normalized spacial score (nSPS) is 12.2. The lowest BCUT2D eigenvalue weighted by Crippen LogP contribution is -2.40. The first-order chi connectivity index (χ1) is 14.8. The van der Waals surface area contributed by atoms with Gasteiger partial charge in [0.15, 0.2) is 5.78 Å². The second-order valence-corrected chi connectivity index (χ2v) is 9.04. The first-order valence-corrected chi connectivity index (χ1v) is 11.3. The zero-order valence-electron chi connectivity index (χ0n) is 16.7. The molecule has 0 bridgehead atoms. The van der Waals surface area contributed by atoms with Crippen LogP contribution in [0.25, 0.3) is 0 Å². The number of halogens is 1. The summed E-state index contributed by atoms with van der Waals surface area (Å²) in [4.78, 5) is 24.3. The van der Waals surface area contributed by atoms with Crippen LogP contribution in [0.5, 0.6) is 0 Å². The van der Waals surface area contributed by atoms with E-state index in [2.05, 4.69) is 10.0 Å². The topological polar surface area (TPSA) is 92.3 Å². The number of sulfonamides is 1. The van der Waals surface area contributed by atoms with E-state index in [0.29, 0.717) is 16.1 Å². The zero-order chi connectivity index (χ0) is 22.4. The largest absolute Gasteiger partial charge is 0.350 e. The van der Waals surface area contributed by atoms with Gasteiger partial charge in [0, 0.05) is 17.1 Å². The number of carbonyl (C=O) groups is 2. The Bertz CT molecular complexity index is 1160. The third-order valence-electron chi connectivity index (χ3n) is 4.62. The van der Waals surface area contributed by atoms with Gasteiger partial charge in [0.25, 0.3) is 0 Å². The van der Waals surface area contributed by atoms with Crippen LogP contribution in [0, 0.1) is 0 Å². The van der Waals surface area contributed by atoms with Crippen LogP contribution >= 0.6 is 11.6 Å². The summed E-state index contributed by atoms with van der Waals surface area (Å²) in [6, 6.07) is 20.0. The van der Waals surface area contributed by atoms with E-state index in [1.165, 1.54) is 31.2 Å². The Balaban J connectivity index is 1.82. The van der Waals surface area contributed by atoms with Gasteiger partial charge < -0.3 is 5.32 Å². The summed E-state index contributed by atoms with van der Waals surface area (Å²) in [7, 11) is -4.02. The molecule has 3 aromatic carbocycles. The molecule has 0 heterocycles. The molecule has 0 saturated carbocycles. The van der Waals surface area contributed by atoms with Crippen molar-refractivity contribution in [3.63, 3.8) is 0 Å². The van der Waals surface area contributed by atoms with Gasteiger partial charge in [0.1, 0.15) is 6.04 Å². The van der Waals surface area contributed by atoms with Crippen molar-refractivity contribution in [1.82, 2.24) is 10.0 Å². The molecule has 0 spiro atoms. The highest BCUT2D eigenvalue weighted by Gasteiger charge is 2.27. The first-order valence-electron chi connectivity index (χ1n) is 9.47. The molecule has 31 heavy (non-hydrogen) atoms. The number of ketones is 1. The van der Waals surface area contributed by atoms with E-state index in [1.54, 1.807) is 54.6 Å². The van der Waals surface area contributed by atoms with Crippen LogP contribution in [0.2, 0.25) is 5.02 Å². The lowest BCUT2D eigenvalue weighted by atomic mass is 10.1. The smallest absolute Gasteiger partial charge is 0.243 e. The molecular formula is C23H21ClN2O4S. The Morgan fingerprint density at radius 2 is 1.52 bits per heavy atom. The Hall–Kier alpha value is -3.00. The molecule has 1 atom stereocenters. The van der Waals surface area contributed by atoms with Gasteiger partial charge in [-0.1, -0.05) is 66.2 Å². The maximum atomic E-state index is 12.9. The summed E-state index contributed by atoms with van der Waals surface area (Å²) in [5, 5.41) is 3.35. The minimum atomic E-state index is -4.02. The van der Waals surface area contributed by atoms with E-state index >= 15 is 0 Å². The molecule has 6 nitrogen and oxygen atoms in total. The van der Waals surface area contributed by atoms with Gasteiger partial charge in [0.05, 0.1) is 4.90 Å². The molecule has 0 aromatic heterocycles. The van der Waals surface area contributed by atoms with Crippen molar-refractivity contribution in [2.75, 3.05) is 0 Å². The Kier molecular flexibility index (Phi) is 7.22. The second kappa shape index (κ2) is 9.87. The van der Waals surface area contributed by atoms with E-state index in [4.69, 9.17) is 11.6 Å². The number of rotatable bonds is 8. The molecule has 0 aliphatic carbocycles. The molecule has 0 saturated heterocycles. The van der Waals surface area contributed by atoms with Crippen molar-refractivity contribution in [2.45, 2.75) is 24.4 Å². The number of Topliss-reactive ketones (excluding diaryl/α,β-unsaturated/α-hetero) is 1. The lowest BCUT2D eigenvalue weighted by molar-refractivity contribution is -0.123. The molecule has 3 rings (SSSR count). The molecule has 0 aliphatic heterocycles. The third kappa shape index (κ3) is 6.01. The zero-order valence-corrected chi connectivity index (χ0v) is 18.3. The first kappa shape index (κ1) is 22.7. The molecule has 1 amide bonds. The van der Waals surface area contributed by atoms with Crippen molar-refractivity contribution < 1.29 is 18.0 Å². The predicted octanol–water partition coefficient (Wildman–Crippen LogP) is 3.88. The standard InChI is InChI=1S/C23H21ClN2O4S/c1-16(27)18-9-13-21(14-10-18)31(29,30)26-22(19-5-3-2-4-6-19)23(28)25-15-17-7-11-20(24)12-8-17/h2-14,22,26H,15H2,1H3,(H,25,28). The summed E-state index contributed by atoms with van der Waals surface area (Å²) in [5.41, 5.74) is 1.73. The fourth-order valence-corrected chi connectivity index (χ4v) is 4.21. The van der Waals surface area contributed by atoms with Gasteiger partial charge in [-0.15, -0.1) is 0 Å². The number of amides is 1. The summed E-state index contributed by atoms with van der Waals surface area (Å²) in [6.45, 7) is 1.62. The van der Waals surface area contributed by atoms with Gasteiger partial charge in [0.2, 0.25) is 15.9 Å². The van der Waals surface area contributed by atoms with Crippen molar-refractivity contribution in [3.05, 3.63) is 101 Å². The number of hydrogen-bond acceptors (Lipinski definition) is 4. The van der Waals surface area contributed by atoms with E-state index in [0.717, 1.165) is 5.56 Å². The Morgan fingerprint density at radius 3 is 2.10 bits per heavy atom. The minimum absolute atomic E-state index is 0.0380. The fraction of sp³-hybridized carbons (Fsp3) is 0.130. The van der Waals surface area contributed by atoms with Crippen molar-refractivity contribution in [3.8, 4) is 0 Å². The van der Waals surface area contributed by atoms with Crippen molar-refractivity contribution in [2.24, 2.45) is 0 Å². The third-order valence-corrected chi connectivity index (χ3v) is 6.31. The number of nitrogens with one attached hydrogen (secondary N) is 2. The summed E-state index contributed by atoms with van der Waals surface area (Å²) >= 11 is 5.88. The average Bonchev–Trinajstić information content (AvgIpc) is 2.77. The molecule has 0 radical (unpaired) electrons. The van der Waals surface area contributed by atoms with Crippen LogP contribution in [0.4, 0.5) is 0 Å². The van der Waals surface area contributed by atoms with Gasteiger partial charge in [-0.2, -0.15) is 4.72 Å². The van der Waals surface area contributed by atoms with E-state index in [-0.39, 0.29) is 17.2 Å². The molecule has 3 aromatic rings. The van der Waals surface area contributed by atoms with Crippen LogP contribution in [-0.4, -0.2) is 20.1 Å². The fourth-order valence-electron chi connectivity index (χ4n) is 2.90. The van der Waals surface area contributed by atoms with Crippen LogP contribution in [-0.2, 0) is 21.4 Å². The molecule has 1 unspecified atom stereocenters. The Labute approximate surface area is 186 Å². The van der Waals surface area contributed by atoms with Crippen molar-refractivity contribution in [1.29, 1.82) is 0 Å². The van der Waals surface area contributed by atoms with Crippen LogP contribution < -0.4 is 10.0 Å². The highest BCUT2D eigenvalue weighted by Crippen LogP contribution is 2.19. The molecule has 2 N–H and O–H groups in total. The highest BCUT2D eigenvalue weighted by atomic mass is 35.5.